The third-order valence-corrected chi connectivity index (χ3v) is 7.24. The van der Waals surface area contributed by atoms with Crippen LogP contribution < -0.4 is 10.9 Å². The summed E-state index contributed by atoms with van der Waals surface area (Å²) in [5, 5.41) is 10.2. The molecule has 2 saturated heterocycles. The lowest BCUT2D eigenvalue weighted by Gasteiger charge is -2.38. The van der Waals surface area contributed by atoms with Crippen LogP contribution in [0.3, 0.4) is 0 Å². The van der Waals surface area contributed by atoms with Gasteiger partial charge in [-0.2, -0.15) is 5.10 Å². The van der Waals surface area contributed by atoms with Gasteiger partial charge < -0.3 is 10.1 Å². The number of amides is 2. The molecule has 2 bridgehead atoms. The van der Waals surface area contributed by atoms with Gasteiger partial charge in [-0.1, -0.05) is 24.3 Å². The van der Waals surface area contributed by atoms with Crippen molar-refractivity contribution < 1.29 is 23.1 Å². The van der Waals surface area contributed by atoms with Gasteiger partial charge in [-0.15, -0.1) is 0 Å². The number of H-pyrrole nitrogens is 1. The predicted molar refractivity (Wildman–Crippen MR) is 114 cm³/mol. The fraction of sp³-hybridized carbons (Fsp3) is 0.250. The molecule has 7 rings (SSSR count). The van der Waals surface area contributed by atoms with Gasteiger partial charge in [-0.05, 0) is 29.8 Å². The molecule has 2 amide bonds. The Balaban J connectivity index is 1.45. The maximum Gasteiger partial charge on any atom is 0.272 e. The van der Waals surface area contributed by atoms with Crippen molar-refractivity contribution in [2.75, 3.05) is 5.32 Å². The minimum atomic E-state index is -0.951. The highest BCUT2D eigenvalue weighted by Gasteiger charge is 2.63. The number of nitrogens with zero attached hydrogens (tertiary/aromatic N) is 2. The molecule has 170 valence electrons. The summed E-state index contributed by atoms with van der Waals surface area (Å²) in [4.78, 5) is 40.9. The zero-order valence-electron chi connectivity index (χ0n) is 17.4. The van der Waals surface area contributed by atoms with Crippen LogP contribution >= 0.6 is 0 Å². The average Bonchev–Trinajstić information content (AvgIpc) is 3.50. The number of halogens is 2. The van der Waals surface area contributed by atoms with Crippen LogP contribution in [-0.2, 0) is 14.3 Å². The third kappa shape index (κ3) is 2.43. The first-order valence-corrected chi connectivity index (χ1v) is 10.9. The molecule has 3 aromatic rings. The van der Waals surface area contributed by atoms with Gasteiger partial charge in [0.1, 0.15) is 17.7 Å². The van der Waals surface area contributed by atoms with Gasteiger partial charge in [-0.3, -0.25) is 19.3 Å². The van der Waals surface area contributed by atoms with Crippen LogP contribution in [-0.4, -0.2) is 39.1 Å². The highest BCUT2D eigenvalue weighted by Crippen LogP contribution is 2.52. The summed E-state index contributed by atoms with van der Waals surface area (Å²) in [7, 11) is 0. The second kappa shape index (κ2) is 6.57. The number of hydrogen-bond acceptors (Lipinski definition) is 6. The molecule has 6 atom stereocenters. The molecule has 2 fully saturated rings. The molecule has 34 heavy (non-hydrogen) atoms. The molecule has 4 aliphatic heterocycles. The van der Waals surface area contributed by atoms with E-state index in [1.807, 2.05) is 0 Å². The fourth-order valence-electron chi connectivity index (χ4n) is 5.83. The number of fused-ring (bicyclic) bond motifs is 5. The Kier molecular flexibility index (Phi) is 3.78. The number of likely N-dealkylation sites (tertiary alicyclic amines) is 1. The van der Waals surface area contributed by atoms with Crippen LogP contribution in [0.2, 0.25) is 0 Å². The molecule has 0 aliphatic carbocycles. The number of nitrogens with one attached hydrogen (secondary N) is 2. The SMILES string of the molecule is O=C1C2C3C=CC(O3)C2C(=O)N1C1c2n[nH]c(=O)c3cc(F)cc(c23)NC1c1ccc(F)cc1. The standard InChI is InChI=1S/C24H16F2N4O4/c25-10-3-1-9(2-4-10)19-21(30-23(32)17-14-5-6-15(34-14)18(17)24(30)33)20-16-12(22(31)29-28-20)7-11(26)8-13(16)27-19/h1-8,14-15,17-19,21,27H,(H,29,31). The fourth-order valence-corrected chi connectivity index (χ4v) is 5.83. The average molecular weight is 462 g/mol. The van der Waals surface area contributed by atoms with Gasteiger partial charge in [0.25, 0.3) is 5.56 Å². The van der Waals surface area contributed by atoms with E-state index < -0.39 is 65.1 Å². The molecule has 4 aliphatic rings. The number of imide groups is 1. The van der Waals surface area contributed by atoms with Crippen molar-refractivity contribution >= 4 is 28.3 Å². The number of aromatic amines is 1. The first-order chi connectivity index (χ1) is 16.4. The second-order valence-corrected chi connectivity index (χ2v) is 8.98. The first kappa shape index (κ1) is 19.5. The Hall–Kier alpha value is -3.92. The number of hydrogen-bond donors (Lipinski definition) is 2. The van der Waals surface area contributed by atoms with Crippen molar-refractivity contribution in [1.82, 2.24) is 15.1 Å². The van der Waals surface area contributed by atoms with Crippen molar-refractivity contribution in [2.24, 2.45) is 11.8 Å². The molecular formula is C24H16F2N4O4. The Bertz CT molecular complexity index is 1470. The molecule has 0 radical (unpaired) electrons. The molecule has 2 N–H and O–H groups in total. The van der Waals surface area contributed by atoms with Gasteiger partial charge in [-0.25, -0.2) is 13.9 Å². The zero-order valence-corrected chi connectivity index (χ0v) is 17.4. The van der Waals surface area contributed by atoms with E-state index in [2.05, 4.69) is 15.5 Å². The van der Waals surface area contributed by atoms with Gasteiger partial charge in [0.15, 0.2) is 0 Å². The van der Waals surface area contributed by atoms with Crippen molar-refractivity contribution in [1.29, 1.82) is 0 Å². The molecule has 2 aromatic carbocycles. The summed E-state index contributed by atoms with van der Waals surface area (Å²) >= 11 is 0. The third-order valence-electron chi connectivity index (χ3n) is 7.24. The number of rotatable bonds is 2. The molecular weight excluding hydrogens is 446 g/mol. The maximum absolute atomic E-state index is 14.4. The van der Waals surface area contributed by atoms with Crippen LogP contribution in [0, 0.1) is 23.5 Å². The van der Waals surface area contributed by atoms with Gasteiger partial charge in [0.2, 0.25) is 11.8 Å². The quantitative estimate of drug-likeness (QED) is 0.448. The van der Waals surface area contributed by atoms with E-state index in [-0.39, 0.29) is 11.1 Å². The Labute approximate surface area is 190 Å². The van der Waals surface area contributed by atoms with Crippen LogP contribution in [0.15, 0.2) is 53.3 Å². The lowest BCUT2D eigenvalue weighted by atomic mass is 9.85. The minimum absolute atomic E-state index is 0.0550. The number of benzene rings is 2. The van der Waals surface area contributed by atoms with Crippen molar-refractivity contribution in [3.63, 3.8) is 0 Å². The highest BCUT2D eigenvalue weighted by atomic mass is 19.1. The second-order valence-electron chi connectivity index (χ2n) is 8.98. The van der Waals surface area contributed by atoms with E-state index in [0.717, 1.165) is 6.07 Å². The Morgan fingerprint density at radius 3 is 2.26 bits per heavy atom. The van der Waals surface area contributed by atoms with E-state index in [0.29, 0.717) is 16.6 Å². The normalized spacial score (nSPS) is 30.8. The molecule has 1 aromatic heterocycles. The summed E-state index contributed by atoms with van der Waals surface area (Å²) in [6, 6.07) is 6.24. The number of ether oxygens (including phenoxy) is 1. The van der Waals surface area contributed by atoms with Crippen molar-refractivity contribution in [2.45, 2.75) is 24.3 Å². The lowest BCUT2D eigenvalue weighted by Crippen LogP contribution is -2.44. The van der Waals surface area contributed by atoms with E-state index in [4.69, 9.17) is 4.74 Å². The number of aromatic nitrogens is 2. The summed E-state index contributed by atoms with van der Waals surface area (Å²) in [5.74, 6) is -3.13. The lowest BCUT2D eigenvalue weighted by molar-refractivity contribution is -0.146. The Morgan fingerprint density at radius 2 is 1.59 bits per heavy atom. The zero-order chi connectivity index (χ0) is 23.3. The van der Waals surface area contributed by atoms with Crippen LogP contribution in [0.1, 0.15) is 23.3 Å². The van der Waals surface area contributed by atoms with E-state index in [9.17, 15) is 23.2 Å². The van der Waals surface area contributed by atoms with E-state index in [1.54, 1.807) is 12.2 Å². The van der Waals surface area contributed by atoms with E-state index in [1.165, 1.54) is 35.2 Å². The first-order valence-electron chi connectivity index (χ1n) is 10.9. The molecule has 6 unspecified atom stereocenters. The number of carbonyl (C=O) groups is 2. The van der Waals surface area contributed by atoms with Crippen LogP contribution in [0.5, 0.6) is 0 Å². The molecule has 10 heteroatoms. The summed E-state index contributed by atoms with van der Waals surface area (Å²) < 4.78 is 33.8. The van der Waals surface area contributed by atoms with Gasteiger partial charge >= 0.3 is 0 Å². The maximum atomic E-state index is 14.4. The van der Waals surface area contributed by atoms with Crippen LogP contribution in [0.4, 0.5) is 14.5 Å². The topological polar surface area (TPSA) is 104 Å². The summed E-state index contributed by atoms with van der Waals surface area (Å²) in [6.45, 7) is 0. The summed E-state index contributed by atoms with van der Waals surface area (Å²) in [5.41, 5.74) is 0.545. The largest absolute Gasteiger partial charge is 0.375 e. The molecule has 5 heterocycles. The van der Waals surface area contributed by atoms with Gasteiger partial charge in [0.05, 0.1) is 41.2 Å². The van der Waals surface area contributed by atoms with Gasteiger partial charge in [0, 0.05) is 11.1 Å². The van der Waals surface area contributed by atoms with E-state index >= 15 is 0 Å². The monoisotopic (exact) mass is 462 g/mol. The summed E-state index contributed by atoms with van der Waals surface area (Å²) in [6.07, 6.45) is 2.65. The molecule has 0 spiro atoms. The molecule has 8 nitrogen and oxygen atoms in total. The minimum Gasteiger partial charge on any atom is -0.375 e. The van der Waals surface area contributed by atoms with Crippen molar-refractivity contribution in [3.05, 3.63) is 81.8 Å². The highest BCUT2D eigenvalue weighted by molar-refractivity contribution is 6.08. The Morgan fingerprint density at radius 1 is 0.912 bits per heavy atom. The van der Waals surface area contributed by atoms with Crippen LogP contribution in [0.25, 0.3) is 10.8 Å². The molecule has 0 saturated carbocycles. The van der Waals surface area contributed by atoms with Crippen molar-refractivity contribution in [3.8, 4) is 0 Å². The number of carbonyl (C=O) groups excluding carboxylic acids is 2. The predicted octanol–water partition coefficient (Wildman–Crippen LogP) is 2.35. The smallest absolute Gasteiger partial charge is 0.272 e. The number of anilines is 1.